The van der Waals surface area contributed by atoms with E-state index in [4.69, 9.17) is 14.4 Å². The number of furan rings is 1. The third-order valence-corrected chi connectivity index (χ3v) is 6.68. The molecular formula is C25H30N4O4. The maximum Gasteiger partial charge on any atom is 0.419 e. The number of benzene rings is 1. The number of nitrogens with zero attached hydrogens (tertiary/aromatic N) is 3. The lowest BCUT2D eigenvalue weighted by molar-refractivity contribution is -0.129. The van der Waals surface area contributed by atoms with E-state index in [2.05, 4.69) is 29.3 Å². The smallest absolute Gasteiger partial charge is 0.414 e. The van der Waals surface area contributed by atoms with Crippen molar-refractivity contribution in [3.63, 3.8) is 0 Å². The Hall–Kier alpha value is -3.47. The van der Waals surface area contributed by atoms with E-state index in [1.54, 1.807) is 6.92 Å². The third-order valence-electron chi connectivity index (χ3n) is 6.68. The highest BCUT2D eigenvalue weighted by atomic mass is 16.6. The van der Waals surface area contributed by atoms with E-state index >= 15 is 0 Å². The molecule has 2 amide bonds. The molecule has 3 heterocycles. The summed E-state index contributed by atoms with van der Waals surface area (Å²) in [4.78, 5) is 28.4. The van der Waals surface area contributed by atoms with Gasteiger partial charge in [-0.25, -0.2) is 4.79 Å². The van der Waals surface area contributed by atoms with Gasteiger partial charge in [0.25, 0.3) is 5.95 Å². The number of rotatable bonds is 4. The zero-order valence-electron chi connectivity index (χ0n) is 19.2. The fraction of sp³-hybridized carbons (Fsp3) is 0.480. The van der Waals surface area contributed by atoms with Gasteiger partial charge in [-0.05, 0) is 61.3 Å². The van der Waals surface area contributed by atoms with Gasteiger partial charge < -0.3 is 19.0 Å². The molecule has 0 atom stereocenters. The second-order valence-electron chi connectivity index (χ2n) is 8.97. The van der Waals surface area contributed by atoms with Gasteiger partial charge in [0.05, 0.1) is 11.4 Å². The van der Waals surface area contributed by atoms with E-state index in [1.807, 2.05) is 17.0 Å². The summed E-state index contributed by atoms with van der Waals surface area (Å²) < 4.78 is 10.4. The van der Waals surface area contributed by atoms with Crippen LogP contribution in [0.3, 0.4) is 0 Å². The number of carbonyl (C=O) groups is 2. The predicted octanol–water partition coefficient (Wildman–Crippen LogP) is 4.72. The first-order valence-electron chi connectivity index (χ1n) is 11.6. The number of ether oxygens (including phenoxy) is 1. The molecule has 2 aromatic rings. The monoisotopic (exact) mass is 450 g/mol. The van der Waals surface area contributed by atoms with Crippen molar-refractivity contribution in [1.82, 2.24) is 4.90 Å². The van der Waals surface area contributed by atoms with E-state index < -0.39 is 6.09 Å². The Morgan fingerprint density at radius 1 is 1.09 bits per heavy atom. The summed E-state index contributed by atoms with van der Waals surface area (Å²) in [6.45, 7) is 7.31. The van der Waals surface area contributed by atoms with Crippen molar-refractivity contribution in [2.45, 2.75) is 45.4 Å². The zero-order valence-corrected chi connectivity index (χ0v) is 19.2. The summed E-state index contributed by atoms with van der Waals surface area (Å²) in [5, 5.41) is 11.7. The summed E-state index contributed by atoms with van der Waals surface area (Å²) >= 11 is 0. The Morgan fingerprint density at radius 3 is 2.45 bits per heavy atom. The van der Waals surface area contributed by atoms with E-state index in [0.717, 1.165) is 57.5 Å². The number of amides is 2. The second kappa shape index (κ2) is 9.99. The molecule has 2 saturated heterocycles. The number of anilines is 2. The van der Waals surface area contributed by atoms with Crippen LogP contribution in [0.25, 0.3) is 0 Å². The second-order valence-corrected chi connectivity index (χ2v) is 8.97. The Kier molecular flexibility index (Phi) is 6.87. The molecule has 1 aromatic carbocycles. The van der Waals surface area contributed by atoms with Gasteiger partial charge in [-0.1, -0.05) is 13.0 Å². The lowest BCUT2D eigenvalue weighted by Gasteiger charge is -2.35. The molecule has 174 valence electrons. The Labute approximate surface area is 194 Å². The van der Waals surface area contributed by atoms with Crippen LogP contribution >= 0.6 is 0 Å². The van der Waals surface area contributed by atoms with Crippen LogP contribution in [-0.2, 0) is 4.79 Å². The van der Waals surface area contributed by atoms with Gasteiger partial charge in [0.1, 0.15) is 6.07 Å². The van der Waals surface area contributed by atoms with Crippen molar-refractivity contribution in [3.8, 4) is 12.0 Å². The summed E-state index contributed by atoms with van der Waals surface area (Å²) in [6.07, 6.45) is 3.42. The number of piperidine rings is 2. The molecule has 0 bridgehead atoms. The lowest BCUT2D eigenvalue weighted by atomic mass is 9.88. The highest BCUT2D eigenvalue weighted by molar-refractivity contribution is 5.91. The van der Waals surface area contributed by atoms with E-state index in [1.165, 1.54) is 17.7 Å². The number of nitriles is 1. The van der Waals surface area contributed by atoms with Crippen molar-refractivity contribution in [2.75, 3.05) is 36.4 Å². The van der Waals surface area contributed by atoms with Gasteiger partial charge in [0.2, 0.25) is 11.7 Å². The fourth-order valence-electron chi connectivity index (χ4n) is 4.61. The molecule has 0 saturated carbocycles. The molecule has 2 fully saturated rings. The minimum Gasteiger partial charge on any atom is -0.414 e. The third kappa shape index (κ3) is 5.48. The highest BCUT2D eigenvalue weighted by Gasteiger charge is 2.25. The van der Waals surface area contributed by atoms with Crippen molar-refractivity contribution >= 4 is 23.4 Å². The fourth-order valence-corrected chi connectivity index (χ4v) is 4.61. The number of hydrogen-bond donors (Lipinski definition) is 1. The van der Waals surface area contributed by atoms with Gasteiger partial charge in [-0.15, -0.1) is 0 Å². The molecule has 0 spiro atoms. The van der Waals surface area contributed by atoms with Gasteiger partial charge >= 0.3 is 6.09 Å². The molecule has 4 rings (SSSR count). The van der Waals surface area contributed by atoms with Crippen molar-refractivity contribution in [1.29, 1.82) is 5.26 Å². The van der Waals surface area contributed by atoms with Crippen LogP contribution in [0.2, 0.25) is 0 Å². The van der Waals surface area contributed by atoms with Crippen LogP contribution in [0.15, 0.2) is 34.7 Å². The molecule has 8 heteroatoms. The van der Waals surface area contributed by atoms with Crippen LogP contribution in [0.5, 0.6) is 5.95 Å². The van der Waals surface area contributed by atoms with Crippen LogP contribution in [-0.4, -0.2) is 43.1 Å². The van der Waals surface area contributed by atoms with E-state index in [0.29, 0.717) is 17.5 Å². The molecule has 2 aliphatic rings. The largest absolute Gasteiger partial charge is 0.419 e. The van der Waals surface area contributed by atoms with E-state index in [9.17, 15) is 9.59 Å². The number of hydrogen-bond acceptors (Lipinski definition) is 6. The first-order chi connectivity index (χ1) is 15.9. The van der Waals surface area contributed by atoms with Crippen molar-refractivity contribution in [3.05, 3.63) is 41.7 Å². The summed E-state index contributed by atoms with van der Waals surface area (Å²) in [6, 6.07) is 10.9. The Bertz CT molecular complexity index is 1040. The van der Waals surface area contributed by atoms with Gasteiger partial charge in [0.15, 0.2) is 0 Å². The average Bonchev–Trinajstić information content (AvgIpc) is 3.27. The minimum absolute atomic E-state index is 0.0220. The van der Waals surface area contributed by atoms with Gasteiger partial charge in [0, 0.05) is 39.2 Å². The Morgan fingerprint density at radius 2 is 1.82 bits per heavy atom. The topological polar surface area (TPSA) is 98.8 Å². The maximum atomic E-state index is 12.5. The van der Waals surface area contributed by atoms with Crippen molar-refractivity contribution in [2.24, 2.45) is 5.92 Å². The van der Waals surface area contributed by atoms with Gasteiger partial charge in [-0.3, -0.25) is 10.1 Å². The predicted molar refractivity (Wildman–Crippen MR) is 124 cm³/mol. The number of likely N-dealkylation sites (tertiary alicyclic amines) is 1. The first-order valence-corrected chi connectivity index (χ1v) is 11.6. The molecule has 1 N–H and O–H groups in total. The van der Waals surface area contributed by atoms with E-state index in [-0.39, 0.29) is 17.6 Å². The quantitative estimate of drug-likeness (QED) is 0.723. The van der Waals surface area contributed by atoms with Crippen LogP contribution in [0.1, 0.15) is 56.8 Å². The molecule has 1 aromatic heterocycles. The summed E-state index contributed by atoms with van der Waals surface area (Å²) in [5.74, 6) is 1.27. The van der Waals surface area contributed by atoms with Gasteiger partial charge in [-0.2, -0.15) is 5.26 Å². The average molecular weight is 451 g/mol. The molecule has 0 aliphatic carbocycles. The first kappa shape index (κ1) is 22.7. The number of nitrogens with one attached hydrogen (secondary N) is 1. The number of carbonyl (C=O) groups excluding carboxylic acids is 2. The van der Waals surface area contributed by atoms with Crippen LogP contribution in [0, 0.1) is 17.2 Å². The zero-order chi connectivity index (χ0) is 23.4. The molecule has 0 radical (unpaired) electrons. The SMILES string of the molecule is CC(=O)N1CCC(c2ccc(NC(=O)Oc3ccc(C#N)o3)c(N3CCC(C)CC3)c2)CC1. The van der Waals surface area contributed by atoms with Crippen molar-refractivity contribution < 1.29 is 18.7 Å². The lowest BCUT2D eigenvalue weighted by Crippen LogP contribution is -2.36. The standard InChI is InChI=1S/C25H30N4O4/c1-17-7-11-29(12-8-17)23-15-20(19-9-13-28(14-10-19)18(2)30)3-5-22(23)27-25(31)33-24-6-4-21(16-26)32-24/h3-6,15,17,19H,7-14H2,1-2H3,(H,27,31). The molecule has 33 heavy (non-hydrogen) atoms. The Balaban J connectivity index is 1.52. The molecular weight excluding hydrogens is 420 g/mol. The maximum absolute atomic E-state index is 12.5. The van der Waals surface area contributed by atoms with Crippen LogP contribution in [0.4, 0.5) is 16.2 Å². The normalized spacial score (nSPS) is 17.5. The molecule has 0 unspecified atom stereocenters. The highest BCUT2D eigenvalue weighted by Crippen LogP contribution is 2.36. The summed E-state index contributed by atoms with van der Waals surface area (Å²) in [7, 11) is 0. The molecule has 8 nitrogen and oxygen atoms in total. The molecule has 2 aliphatic heterocycles. The van der Waals surface area contributed by atoms with Crippen LogP contribution < -0.4 is 15.0 Å². The summed E-state index contributed by atoms with van der Waals surface area (Å²) in [5.41, 5.74) is 2.91. The minimum atomic E-state index is -0.664.